The highest BCUT2D eigenvalue weighted by Crippen LogP contribution is 2.30. The van der Waals surface area contributed by atoms with E-state index >= 15 is 0 Å². The van der Waals surface area contributed by atoms with Crippen molar-refractivity contribution in [3.63, 3.8) is 0 Å². The van der Waals surface area contributed by atoms with Crippen LogP contribution in [0.2, 0.25) is 0 Å². The summed E-state index contributed by atoms with van der Waals surface area (Å²) < 4.78 is 0. The smallest absolute Gasteiger partial charge is 0.0522 e. The van der Waals surface area contributed by atoms with E-state index in [0.29, 0.717) is 6.04 Å². The normalized spacial score (nSPS) is 24.3. The first kappa shape index (κ1) is 7.39. The molecule has 2 heterocycles. The third-order valence-corrected chi connectivity index (χ3v) is 3.76. The number of fused-ring (bicyclic) bond motifs is 2. The molecule has 2 heteroatoms. The van der Waals surface area contributed by atoms with E-state index in [2.05, 4.69) is 28.9 Å². The molecule has 13 heavy (non-hydrogen) atoms. The van der Waals surface area contributed by atoms with Crippen LogP contribution in [0, 0.1) is 0 Å². The summed E-state index contributed by atoms with van der Waals surface area (Å²) in [5, 5.41) is 5.61. The molecule has 0 spiro atoms. The van der Waals surface area contributed by atoms with Gasteiger partial charge in [0, 0.05) is 11.3 Å². The van der Waals surface area contributed by atoms with Gasteiger partial charge in [-0.1, -0.05) is 6.08 Å². The van der Waals surface area contributed by atoms with Gasteiger partial charge in [0.2, 0.25) is 0 Å². The molecular formula is C11H11NS. The number of hydrogen-bond acceptors (Lipinski definition) is 2. The summed E-state index contributed by atoms with van der Waals surface area (Å²) in [7, 11) is 0. The first-order valence-corrected chi connectivity index (χ1v) is 5.48. The maximum absolute atomic E-state index is 3.41. The molecular weight excluding hydrogens is 178 g/mol. The molecule has 1 N–H and O–H groups in total. The van der Waals surface area contributed by atoms with Crippen LogP contribution in [0.4, 0.5) is 0 Å². The lowest BCUT2D eigenvalue weighted by Gasteiger charge is -2.27. The second-order valence-corrected chi connectivity index (χ2v) is 4.57. The van der Waals surface area contributed by atoms with Crippen LogP contribution < -0.4 is 5.32 Å². The minimum absolute atomic E-state index is 0.566. The van der Waals surface area contributed by atoms with Gasteiger partial charge in [-0.05, 0) is 41.3 Å². The predicted molar refractivity (Wildman–Crippen MR) is 55.9 cm³/mol. The van der Waals surface area contributed by atoms with Gasteiger partial charge in [-0.25, -0.2) is 0 Å². The highest BCUT2D eigenvalue weighted by molar-refractivity contribution is 7.10. The Morgan fingerprint density at radius 3 is 3.46 bits per heavy atom. The highest BCUT2D eigenvalue weighted by atomic mass is 32.1. The molecule has 0 saturated heterocycles. The maximum atomic E-state index is 3.41. The fraction of sp³-hybridized carbons (Fsp3) is 0.273. The zero-order valence-electron chi connectivity index (χ0n) is 7.29. The van der Waals surface area contributed by atoms with Crippen molar-refractivity contribution in [1.29, 1.82) is 0 Å². The Bertz CT molecular complexity index is 387. The first-order valence-electron chi connectivity index (χ1n) is 4.60. The number of nitrogens with one attached hydrogen (secondary N) is 1. The van der Waals surface area contributed by atoms with E-state index in [1.807, 2.05) is 17.5 Å². The second-order valence-electron chi connectivity index (χ2n) is 3.57. The molecule has 0 aromatic carbocycles. The zero-order chi connectivity index (χ0) is 8.67. The van der Waals surface area contributed by atoms with Gasteiger partial charge in [0.05, 0.1) is 6.04 Å². The van der Waals surface area contributed by atoms with Crippen LogP contribution in [0.1, 0.15) is 10.4 Å². The van der Waals surface area contributed by atoms with Crippen LogP contribution in [-0.2, 0) is 12.8 Å². The molecule has 66 valence electrons. The predicted octanol–water partition coefficient (Wildman–Crippen LogP) is 2.26. The summed E-state index contributed by atoms with van der Waals surface area (Å²) >= 11 is 1.89. The topological polar surface area (TPSA) is 12.0 Å². The van der Waals surface area contributed by atoms with Gasteiger partial charge in [0.1, 0.15) is 0 Å². The number of hydrogen-bond donors (Lipinski definition) is 1. The van der Waals surface area contributed by atoms with Crippen LogP contribution >= 0.6 is 11.3 Å². The van der Waals surface area contributed by atoms with Crippen LogP contribution in [0.25, 0.3) is 0 Å². The van der Waals surface area contributed by atoms with Crippen molar-refractivity contribution in [2.75, 3.05) is 0 Å². The van der Waals surface area contributed by atoms with Crippen molar-refractivity contribution in [3.8, 4) is 0 Å². The van der Waals surface area contributed by atoms with Crippen molar-refractivity contribution in [1.82, 2.24) is 5.32 Å². The van der Waals surface area contributed by atoms with E-state index in [1.54, 1.807) is 4.88 Å². The van der Waals surface area contributed by atoms with Gasteiger partial charge >= 0.3 is 0 Å². The lowest BCUT2D eigenvalue weighted by molar-refractivity contribution is 0.621. The van der Waals surface area contributed by atoms with Gasteiger partial charge < -0.3 is 5.32 Å². The molecule has 0 radical (unpaired) electrons. The van der Waals surface area contributed by atoms with Crippen LogP contribution in [0.5, 0.6) is 0 Å². The van der Waals surface area contributed by atoms with Gasteiger partial charge in [0.25, 0.3) is 0 Å². The molecule has 3 rings (SSSR count). The molecule has 1 aromatic heterocycles. The summed E-state index contributed by atoms with van der Waals surface area (Å²) in [6.45, 7) is 0. The van der Waals surface area contributed by atoms with E-state index < -0.39 is 0 Å². The van der Waals surface area contributed by atoms with Crippen molar-refractivity contribution in [2.24, 2.45) is 0 Å². The third kappa shape index (κ3) is 1.13. The molecule has 0 saturated carbocycles. The van der Waals surface area contributed by atoms with Crippen molar-refractivity contribution >= 4 is 11.3 Å². The average Bonchev–Trinajstić information content (AvgIpc) is 2.61. The zero-order valence-corrected chi connectivity index (χ0v) is 8.10. The maximum Gasteiger partial charge on any atom is 0.0522 e. The van der Waals surface area contributed by atoms with Crippen molar-refractivity contribution < 1.29 is 0 Å². The Labute approximate surface area is 81.8 Å². The number of allylic oxidation sites excluding steroid dienone is 2. The molecule has 0 bridgehead atoms. The molecule has 2 aliphatic rings. The van der Waals surface area contributed by atoms with E-state index in [1.165, 1.54) is 17.6 Å². The number of dihydropyridines is 1. The van der Waals surface area contributed by atoms with E-state index in [-0.39, 0.29) is 0 Å². The lowest BCUT2D eigenvalue weighted by atomic mass is 9.88. The summed E-state index contributed by atoms with van der Waals surface area (Å²) in [6, 6.07) is 2.83. The molecule has 1 aromatic rings. The average molecular weight is 189 g/mol. The molecule has 0 amide bonds. The largest absolute Gasteiger partial charge is 0.384 e. The van der Waals surface area contributed by atoms with E-state index in [4.69, 9.17) is 0 Å². The van der Waals surface area contributed by atoms with Crippen LogP contribution in [0.15, 0.2) is 35.4 Å². The van der Waals surface area contributed by atoms with Gasteiger partial charge in [-0.15, -0.1) is 11.3 Å². The molecule has 1 unspecified atom stereocenters. The summed E-state index contributed by atoms with van der Waals surface area (Å²) in [5.41, 5.74) is 3.07. The quantitative estimate of drug-likeness (QED) is 0.660. The van der Waals surface area contributed by atoms with Crippen LogP contribution in [-0.4, -0.2) is 6.04 Å². The summed E-state index contributed by atoms with van der Waals surface area (Å²) in [6.07, 6.45) is 8.71. The molecule has 1 aliphatic heterocycles. The Kier molecular flexibility index (Phi) is 1.56. The fourth-order valence-electron chi connectivity index (χ4n) is 2.05. The monoisotopic (exact) mass is 189 g/mol. The fourth-order valence-corrected chi connectivity index (χ4v) is 3.00. The summed E-state index contributed by atoms with van der Waals surface area (Å²) in [5.74, 6) is 0. The van der Waals surface area contributed by atoms with Gasteiger partial charge in [-0.3, -0.25) is 0 Å². The Hall–Kier alpha value is -1.02. The SMILES string of the molecule is C1=CNC2Cc3sccc3CC2=C1. The third-order valence-electron chi connectivity index (χ3n) is 2.77. The second kappa shape index (κ2) is 2.74. The Balaban J connectivity index is 2.02. The van der Waals surface area contributed by atoms with Crippen LogP contribution in [0.3, 0.4) is 0 Å². The molecule has 1 aliphatic carbocycles. The van der Waals surface area contributed by atoms with Crippen molar-refractivity contribution in [3.05, 3.63) is 45.8 Å². The molecule has 1 nitrogen and oxygen atoms in total. The lowest BCUT2D eigenvalue weighted by Crippen LogP contribution is -2.34. The van der Waals surface area contributed by atoms with Crippen molar-refractivity contribution in [2.45, 2.75) is 18.9 Å². The summed E-state index contributed by atoms with van der Waals surface area (Å²) in [4.78, 5) is 1.56. The first-order chi connectivity index (χ1) is 6.43. The minimum atomic E-state index is 0.566. The standard InChI is InChI=1S/C11H11NS/c1-2-8-6-9-3-5-13-11(9)7-10(8)12-4-1/h1-5,10,12H,6-7H2. The van der Waals surface area contributed by atoms with Gasteiger partial charge in [-0.2, -0.15) is 0 Å². The highest BCUT2D eigenvalue weighted by Gasteiger charge is 2.23. The Morgan fingerprint density at radius 2 is 2.46 bits per heavy atom. The number of rotatable bonds is 0. The Morgan fingerprint density at radius 1 is 1.46 bits per heavy atom. The minimum Gasteiger partial charge on any atom is -0.384 e. The molecule has 1 atom stereocenters. The van der Waals surface area contributed by atoms with E-state index in [9.17, 15) is 0 Å². The molecule has 0 fully saturated rings. The van der Waals surface area contributed by atoms with Gasteiger partial charge in [0.15, 0.2) is 0 Å². The van der Waals surface area contributed by atoms with E-state index in [0.717, 1.165) is 6.42 Å². The number of thiophene rings is 1.